The van der Waals surface area contributed by atoms with Crippen molar-refractivity contribution >= 4 is 16.9 Å². The van der Waals surface area contributed by atoms with Crippen LogP contribution in [0.15, 0.2) is 24.3 Å². The summed E-state index contributed by atoms with van der Waals surface area (Å²) in [4.78, 5) is 11.5. The van der Waals surface area contributed by atoms with Gasteiger partial charge in [-0.15, -0.1) is 0 Å². The van der Waals surface area contributed by atoms with Gasteiger partial charge in [0.1, 0.15) is 0 Å². The molecule has 4 heteroatoms. The fourth-order valence-electron chi connectivity index (χ4n) is 3.05. The van der Waals surface area contributed by atoms with E-state index >= 15 is 0 Å². The molecule has 2 aromatic rings. The van der Waals surface area contributed by atoms with E-state index in [0.29, 0.717) is 11.6 Å². The number of rotatable bonds is 3. The van der Waals surface area contributed by atoms with Gasteiger partial charge in [0.05, 0.1) is 5.52 Å². The van der Waals surface area contributed by atoms with Crippen molar-refractivity contribution in [1.82, 2.24) is 9.78 Å². The second-order valence-electron chi connectivity index (χ2n) is 5.36. The Hall–Kier alpha value is -1.84. The molecular weight excluding hydrogens is 240 g/mol. The second kappa shape index (κ2) is 5.03. The van der Waals surface area contributed by atoms with Gasteiger partial charge in [-0.3, -0.25) is 4.68 Å². The van der Waals surface area contributed by atoms with Gasteiger partial charge in [-0.25, -0.2) is 4.79 Å². The fraction of sp³-hybridized carbons (Fsp3) is 0.467. The monoisotopic (exact) mass is 258 g/mol. The first kappa shape index (κ1) is 12.2. The van der Waals surface area contributed by atoms with Crippen LogP contribution in [0.3, 0.4) is 0 Å². The number of hydrogen-bond acceptors (Lipinski definition) is 2. The maximum Gasteiger partial charge on any atom is 0.354 e. The first-order valence-electron chi connectivity index (χ1n) is 6.94. The van der Waals surface area contributed by atoms with Gasteiger partial charge < -0.3 is 5.11 Å². The third kappa shape index (κ3) is 2.35. The number of benzene rings is 1. The van der Waals surface area contributed by atoms with Crippen molar-refractivity contribution in [3.8, 4) is 0 Å². The molecule has 19 heavy (non-hydrogen) atoms. The van der Waals surface area contributed by atoms with Gasteiger partial charge in [0.25, 0.3) is 0 Å². The number of carboxylic acid groups (broad SMARTS) is 1. The van der Waals surface area contributed by atoms with Crippen LogP contribution in [0.25, 0.3) is 10.9 Å². The van der Waals surface area contributed by atoms with E-state index in [-0.39, 0.29) is 0 Å². The lowest BCUT2D eigenvalue weighted by molar-refractivity contribution is 0.0683. The van der Waals surface area contributed by atoms with Crippen molar-refractivity contribution in [1.29, 1.82) is 0 Å². The Labute approximate surface area is 112 Å². The number of fused-ring (bicyclic) bond motifs is 1. The van der Waals surface area contributed by atoms with Crippen LogP contribution in [0.4, 0.5) is 0 Å². The lowest BCUT2D eigenvalue weighted by Crippen LogP contribution is -2.18. The average Bonchev–Trinajstić information content (AvgIpc) is 2.77. The minimum Gasteiger partial charge on any atom is -0.477 e. The van der Waals surface area contributed by atoms with E-state index in [1.807, 2.05) is 24.3 Å². The van der Waals surface area contributed by atoms with Crippen molar-refractivity contribution in [3.05, 3.63) is 30.0 Å². The zero-order valence-corrected chi connectivity index (χ0v) is 10.9. The van der Waals surface area contributed by atoms with E-state index in [9.17, 15) is 9.90 Å². The Balaban J connectivity index is 1.97. The zero-order valence-electron chi connectivity index (χ0n) is 10.9. The molecule has 0 saturated heterocycles. The Morgan fingerprint density at radius 3 is 2.74 bits per heavy atom. The molecule has 0 bridgehead atoms. The summed E-state index contributed by atoms with van der Waals surface area (Å²) in [6, 6.07) is 7.47. The third-order valence-electron chi connectivity index (χ3n) is 4.00. The summed E-state index contributed by atoms with van der Waals surface area (Å²) in [5.74, 6) is -0.314. The Bertz CT molecular complexity index is 597. The molecule has 1 N–H and O–H groups in total. The normalized spacial score (nSPS) is 16.8. The lowest BCUT2D eigenvalue weighted by Gasteiger charge is -2.21. The number of carboxylic acids is 1. The maximum atomic E-state index is 11.5. The predicted molar refractivity (Wildman–Crippen MR) is 73.3 cm³/mol. The summed E-state index contributed by atoms with van der Waals surface area (Å²) >= 11 is 0. The van der Waals surface area contributed by atoms with E-state index < -0.39 is 5.97 Å². The molecule has 1 heterocycles. The molecular formula is C15H18N2O2. The molecule has 0 amide bonds. The summed E-state index contributed by atoms with van der Waals surface area (Å²) in [5, 5.41) is 14.6. The molecule has 0 atom stereocenters. The second-order valence-corrected chi connectivity index (χ2v) is 5.36. The standard InChI is InChI=1S/C15H18N2O2/c18-15(19)14-12-8-4-5-9-13(12)16-17(14)10-11-6-2-1-3-7-11/h4-5,8-9,11H,1-3,6-7,10H2,(H,18,19). The van der Waals surface area contributed by atoms with Gasteiger partial charge in [-0.05, 0) is 24.8 Å². The SMILES string of the molecule is O=C(O)c1c2ccccc2nn1CC1CCCCC1. The molecule has 100 valence electrons. The quantitative estimate of drug-likeness (QED) is 0.918. The van der Waals surface area contributed by atoms with Crippen LogP contribution in [-0.4, -0.2) is 20.9 Å². The molecule has 0 aliphatic heterocycles. The van der Waals surface area contributed by atoms with Crippen LogP contribution < -0.4 is 0 Å². The Morgan fingerprint density at radius 2 is 2.00 bits per heavy atom. The Morgan fingerprint density at radius 1 is 1.26 bits per heavy atom. The van der Waals surface area contributed by atoms with E-state index in [1.165, 1.54) is 32.1 Å². The van der Waals surface area contributed by atoms with Crippen LogP contribution in [0, 0.1) is 5.92 Å². The van der Waals surface area contributed by atoms with Crippen molar-refractivity contribution in [2.75, 3.05) is 0 Å². The number of aromatic carboxylic acids is 1. The minimum atomic E-state index is -0.885. The highest BCUT2D eigenvalue weighted by molar-refractivity contribution is 6.01. The maximum absolute atomic E-state index is 11.5. The van der Waals surface area contributed by atoms with Crippen LogP contribution in [0.5, 0.6) is 0 Å². The zero-order chi connectivity index (χ0) is 13.2. The highest BCUT2D eigenvalue weighted by Crippen LogP contribution is 2.27. The van der Waals surface area contributed by atoms with E-state index in [0.717, 1.165) is 17.4 Å². The molecule has 1 aliphatic carbocycles. The summed E-state index contributed by atoms with van der Waals surface area (Å²) in [7, 11) is 0. The van der Waals surface area contributed by atoms with Gasteiger partial charge >= 0.3 is 5.97 Å². The van der Waals surface area contributed by atoms with Gasteiger partial charge in [0.15, 0.2) is 5.69 Å². The molecule has 1 fully saturated rings. The van der Waals surface area contributed by atoms with Crippen LogP contribution in [0.1, 0.15) is 42.6 Å². The predicted octanol–water partition coefficient (Wildman–Crippen LogP) is 3.31. The number of hydrogen-bond donors (Lipinski definition) is 1. The molecule has 1 saturated carbocycles. The van der Waals surface area contributed by atoms with Crippen molar-refractivity contribution < 1.29 is 9.90 Å². The van der Waals surface area contributed by atoms with Gasteiger partial charge in [-0.2, -0.15) is 5.10 Å². The van der Waals surface area contributed by atoms with E-state index in [4.69, 9.17) is 0 Å². The number of nitrogens with zero attached hydrogens (tertiary/aromatic N) is 2. The highest BCUT2D eigenvalue weighted by Gasteiger charge is 2.21. The highest BCUT2D eigenvalue weighted by atomic mass is 16.4. The minimum absolute atomic E-state index is 0.334. The number of carbonyl (C=O) groups is 1. The molecule has 0 unspecified atom stereocenters. The van der Waals surface area contributed by atoms with E-state index in [2.05, 4.69) is 5.10 Å². The molecule has 1 aromatic heterocycles. The molecule has 3 rings (SSSR count). The first-order chi connectivity index (χ1) is 9.25. The first-order valence-corrected chi connectivity index (χ1v) is 6.94. The summed E-state index contributed by atoms with van der Waals surface area (Å²) < 4.78 is 1.70. The molecule has 1 aromatic carbocycles. The van der Waals surface area contributed by atoms with Crippen LogP contribution >= 0.6 is 0 Å². The summed E-state index contributed by atoms with van der Waals surface area (Å²) in [5.41, 5.74) is 1.11. The van der Waals surface area contributed by atoms with Crippen molar-refractivity contribution in [2.45, 2.75) is 38.6 Å². The molecule has 4 nitrogen and oxygen atoms in total. The van der Waals surface area contributed by atoms with Crippen molar-refractivity contribution in [2.24, 2.45) is 5.92 Å². The van der Waals surface area contributed by atoms with Gasteiger partial charge in [-0.1, -0.05) is 37.5 Å². The lowest BCUT2D eigenvalue weighted by atomic mass is 9.89. The number of aromatic nitrogens is 2. The third-order valence-corrected chi connectivity index (χ3v) is 4.00. The molecule has 0 spiro atoms. The summed E-state index contributed by atoms with van der Waals surface area (Å²) in [6.07, 6.45) is 6.20. The largest absolute Gasteiger partial charge is 0.477 e. The Kier molecular flexibility index (Phi) is 3.23. The van der Waals surface area contributed by atoms with E-state index in [1.54, 1.807) is 4.68 Å². The van der Waals surface area contributed by atoms with Gasteiger partial charge in [0, 0.05) is 11.9 Å². The molecule has 1 aliphatic rings. The van der Waals surface area contributed by atoms with Gasteiger partial charge in [0.2, 0.25) is 0 Å². The smallest absolute Gasteiger partial charge is 0.354 e. The fourth-order valence-corrected chi connectivity index (χ4v) is 3.05. The van der Waals surface area contributed by atoms with Crippen LogP contribution in [0.2, 0.25) is 0 Å². The summed E-state index contributed by atoms with van der Waals surface area (Å²) in [6.45, 7) is 0.732. The van der Waals surface area contributed by atoms with Crippen molar-refractivity contribution in [3.63, 3.8) is 0 Å². The topological polar surface area (TPSA) is 55.1 Å². The molecule has 0 radical (unpaired) electrons. The van der Waals surface area contributed by atoms with Crippen LogP contribution in [-0.2, 0) is 6.54 Å². The average molecular weight is 258 g/mol.